The zero-order chi connectivity index (χ0) is 8.43. The number of carbonyl (C=O) groups excluding carboxylic acids is 2. The summed E-state index contributed by atoms with van der Waals surface area (Å²) in [5.74, 6) is -0.307. The number of rotatable bonds is 1. The van der Waals surface area contributed by atoms with Crippen molar-refractivity contribution in [1.29, 1.82) is 0 Å². The van der Waals surface area contributed by atoms with E-state index < -0.39 is 0 Å². The quantitative estimate of drug-likeness (QED) is 0.494. The Balaban J connectivity index is 2.61. The number of likely N-dealkylation sites (tertiary alicyclic amines) is 1. The van der Waals surface area contributed by atoms with Crippen LogP contribution in [0.4, 0.5) is 0 Å². The first kappa shape index (κ1) is 8.04. The van der Waals surface area contributed by atoms with Crippen molar-refractivity contribution in [2.24, 2.45) is 0 Å². The highest BCUT2D eigenvalue weighted by atomic mass is 16.5. The topological polar surface area (TPSA) is 46.6 Å². The molecule has 0 radical (unpaired) electrons. The fourth-order valence-electron chi connectivity index (χ4n) is 1.22. The van der Waals surface area contributed by atoms with Crippen molar-refractivity contribution in [1.82, 2.24) is 4.90 Å². The maximum absolute atomic E-state index is 11.0. The van der Waals surface area contributed by atoms with E-state index in [4.69, 9.17) is 0 Å². The molecular formula is C7H11NO3. The smallest absolute Gasteiger partial charge is 0.328 e. The van der Waals surface area contributed by atoms with Crippen LogP contribution >= 0.6 is 0 Å². The molecule has 1 unspecified atom stereocenters. The summed E-state index contributed by atoms with van der Waals surface area (Å²) in [6.45, 7) is 0. The molecule has 1 amide bonds. The van der Waals surface area contributed by atoms with Crippen molar-refractivity contribution in [2.45, 2.75) is 18.9 Å². The fraction of sp³-hybridized carbons (Fsp3) is 0.714. The highest BCUT2D eigenvalue weighted by molar-refractivity contribution is 5.87. The van der Waals surface area contributed by atoms with Crippen molar-refractivity contribution >= 4 is 11.9 Å². The third-order valence-electron chi connectivity index (χ3n) is 1.97. The van der Waals surface area contributed by atoms with Gasteiger partial charge in [0, 0.05) is 13.5 Å². The van der Waals surface area contributed by atoms with Crippen LogP contribution in [0.5, 0.6) is 0 Å². The van der Waals surface area contributed by atoms with E-state index in [2.05, 4.69) is 4.74 Å². The van der Waals surface area contributed by atoms with Gasteiger partial charge in [-0.2, -0.15) is 0 Å². The van der Waals surface area contributed by atoms with Gasteiger partial charge in [-0.25, -0.2) is 4.79 Å². The van der Waals surface area contributed by atoms with E-state index >= 15 is 0 Å². The Morgan fingerprint density at radius 1 is 1.73 bits per heavy atom. The summed E-state index contributed by atoms with van der Waals surface area (Å²) in [6, 6.07) is -0.354. The number of amides is 1. The van der Waals surface area contributed by atoms with Gasteiger partial charge in [0.05, 0.1) is 7.11 Å². The van der Waals surface area contributed by atoms with Gasteiger partial charge in [0.2, 0.25) is 5.91 Å². The number of ether oxygens (including phenoxy) is 1. The van der Waals surface area contributed by atoms with E-state index in [9.17, 15) is 9.59 Å². The van der Waals surface area contributed by atoms with Gasteiger partial charge in [-0.15, -0.1) is 0 Å². The van der Waals surface area contributed by atoms with Gasteiger partial charge in [0.25, 0.3) is 0 Å². The molecule has 1 rings (SSSR count). The van der Waals surface area contributed by atoms with Crippen molar-refractivity contribution in [3.8, 4) is 0 Å². The SMILES string of the molecule is COC(=O)C1CCC(=O)N1C. The molecule has 0 aromatic heterocycles. The van der Waals surface area contributed by atoms with E-state index in [1.54, 1.807) is 7.05 Å². The van der Waals surface area contributed by atoms with E-state index in [1.165, 1.54) is 12.0 Å². The number of likely N-dealkylation sites (N-methyl/N-ethyl adjacent to an activating group) is 1. The molecule has 0 saturated carbocycles. The lowest BCUT2D eigenvalue weighted by molar-refractivity contribution is -0.148. The molecule has 1 atom stereocenters. The number of esters is 1. The molecule has 1 saturated heterocycles. The Labute approximate surface area is 65.1 Å². The highest BCUT2D eigenvalue weighted by Gasteiger charge is 2.33. The van der Waals surface area contributed by atoms with Crippen molar-refractivity contribution in [2.75, 3.05) is 14.2 Å². The van der Waals surface area contributed by atoms with Crippen LogP contribution in [0.25, 0.3) is 0 Å². The Morgan fingerprint density at radius 2 is 2.36 bits per heavy atom. The van der Waals surface area contributed by atoms with Crippen molar-refractivity contribution < 1.29 is 14.3 Å². The lowest BCUT2D eigenvalue weighted by Crippen LogP contribution is -2.35. The lowest BCUT2D eigenvalue weighted by Gasteiger charge is -2.16. The summed E-state index contributed by atoms with van der Waals surface area (Å²) in [6.07, 6.45) is 1.04. The first-order valence-electron chi connectivity index (χ1n) is 3.50. The molecule has 0 aromatic carbocycles. The highest BCUT2D eigenvalue weighted by Crippen LogP contribution is 2.16. The predicted octanol–water partition coefficient (Wildman–Crippen LogP) is -0.220. The minimum absolute atomic E-state index is 0.0143. The van der Waals surface area contributed by atoms with Crippen LogP contribution in [-0.2, 0) is 14.3 Å². The third kappa shape index (κ3) is 1.34. The van der Waals surface area contributed by atoms with Crippen LogP contribution in [-0.4, -0.2) is 37.0 Å². The minimum Gasteiger partial charge on any atom is -0.467 e. The van der Waals surface area contributed by atoms with Gasteiger partial charge in [0.1, 0.15) is 6.04 Å². The molecule has 62 valence electrons. The van der Waals surface area contributed by atoms with E-state index in [0.29, 0.717) is 12.8 Å². The molecule has 4 heteroatoms. The molecule has 11 heavy (non-hydrogen) atoms. The molecule has 1 heterocycles. The maximum Gasteiger partial charge on any atom is 0.328 e. The van der Waals surface area contributed by atoms with Gasteiger partial charge in [-0.3, -0.25) is 4.79 Å². The monoisotopic (exact) mass is 157 g/mol. The average molecular weight is 157 g/mol. The maximum atomic E-state index is 11.0. The summed E-state index contributed by atoms with van der Waals surface area (Å²) < 4.78 is 4.52. The molecule has 0 aromatic rings. The van der Waals surface area contributed by atoms with Crippen LogP contribution in [0.2, 0.25) is 0 Å². The molecule has 4 nitrogen and oxygen atoms in total. The molecule has 1 aliphatic heterocycles. The summed E-state index contributed by atoms with van der Waals surface area (Å²) in [5.41, 5.74) is 0. The number of nitrogens with zero attached hydrogens (tertiary/aromatic N) is 1. The molecule has 1 aliphatic rings. The summed E-state index contributed by atoms with van der Waals surface area (Å²) in [4.78, 5) is 23.3. The van der Waals surface area contributed by atoms with Gasteiger partial charge < -0.3 is 9.64 Å². The standard InChI is InChI=1S/C7H11NO3/c1-8-5(7(10)11-2)3-4-6(8)9/h5H,3-4H2,1-2H3. The number of hydrogen-bond donors (Lipinski definition) is 0. The Morgan fingerprint density at radius 3 is 2.73 bits per heavy atom. The Hall–Kier alpha value is -1.06. The van der Waals surface area contributed by atoms with E-state index in [0.717, 1.165) is 0 Å². The van der Waals surface area contributed by atoms with Crippen LogP contribution in [0.3, 0.4) is 0 Å². The second-order valence-corrected chi connectivity index (χ2v) is 2.58. The Bertz CT molecular complexity index is 190. The molecule has 0 bridgehead atoms. The third-order valence-corrected chi connectivity index (χ3v) is 1.97. The molecular weight excluding hydrogens is 146 g/mol. The van der Waals surface area contributed by atoms with Gasteiger partial charge in [-0.1, -0.05) is 0 Å². The Kier molecular flexibility index (Phi) is 2.12. The largest absolute Gasteiger partial charge is 0.467 e. The lowest BCUT2D eigenvalue weighted by atomic mass is 10.2. The summed E-state index contributed by atoms with van der Waals surface area (Å²) >= 11 is 0. The second kappa shape index (κ2) is 2.90. The first-order chi connectivity index (χ1) is 5.16. The van der Waals surface area contributed by atoms with Crippen LogP contribution in [0, 0.1) is 0 Å². The zero-order valence-electron chi connectivity index (χ0n) is 6.66. The van der Waals surface area contributed by atoms with Gasteiger partial charge in [0.15, 0.2) is 0 Å². The fourth-order valence-corrected chi connectivity index (χ4v) is 1.22. The molecule has 0 aliphatic carbocycles. The number of methoxy groups -OCH3 is 1. The predicted molar refractivity (Wildman–Crippen MR) is 37.8 cm³/mol. The minimum atomic E-state index is -0.354. The molecule has 0 spiro atoms. The van der Waals surface area contributed by atoms with E-state index in [1.807, 2.05) is 0 Å². The van der Waals surface area contributed by atoms with Crippen LogP contribution in [0.1, 0.15) is 12.8 Å². The molecule has 1 fully saturated rings. The average Bonchev–Trinajstić information content (AvgIpc) is 2.32. The van der Waals surface area contributed by atoms with Gasteiger partial charge in [-0.05, 0) is 6.42 Å². The van der Waals surface area contributed by atoms with Crippen LogP contribution < -0.4 is 0 Å². The van der Waals surface area contributed by atoms with Crippen molar-refractivity contribution in [3.63, 3.8) is 0 Å². The molecule has 0 N–H and O–H groups in total. The first-order valence-corrected chi connectivity index (χ1v) is 3.50. The van der Waals surface area contributed by atoms with Gasteiger partial charge >= 0.3 is 5.97 Å². The normalized spacial score (nSPS) is 24.0. The van der Waals surface area contributed by atoms with Crippen molar-refractivity contribution in [3.05, 3.63) is 0 Å². The number of carbonyl (C=O) groups is 2. The second-order valence-electron chi connectivity index (χ2n) is 2.58. The van der Waals surface area contributed by atoms with Crippen LogP contribution in [0.15, 0.2) is 0 Å². The number of hydrogen-bond acceptors (Lipinski definition) is 3. The zero-order valence-corrected chi connectivity index (χ0v) is 6.66. The summed E-state index contributed by atoms with van der Waals surface area (Å²) in [5, 5.41) is 0. The van der Waals surface area contributed by atoms with E-state index in [-0.39, 0.29) is 17.9 Å². The summed E-state index contributed by atoms with van der Waals surface area (Å²) in [7, 11) is 2.95.